The molecule has 1 heterocycles. The number of hydrogen-bond donors (Lipinski definition) is 0. The van der Waals surface area contributed by atoms with Crippen LogP contribution in [-0.2, 0) is 4.79 Å². The molecule has 0 radical (unpaired) electrons. The van der Waals surface area contributed by atoms with Gasteiger partial charge in [-0.1, -0.05) is 54.2 Å². The Kier molecular flexibility index (Phi) is 5.56. The molecule has 1 aromatic carbocycles. The van der Waals surface area contributed by atoms with Gasteiger partial charge in [0.25, 0.3) is 0 Å². The van der Waals surface area contributed by atoms with E-state index < -0.39 is 0 Å². The van der Waals surface area contributed by atoms with E-state index in [0.29, 0.717) is 0 Å². The molecule has 0 saturated heterocycles. The van der Waals surface area contributed by atoms with E-state index in [1.807, 2.05) is 18.2 Å². The standard InChI is InChI=1S/C17H17NOS/c1-14(19)20-13-5-3-6-15-8-10-16(11-9-15)17-7-2-4-12-18-17/h2-4,6-12H,5,13H2,1H3. The van der Waals surface area contributed by atoms with Gasteiger partial charge in [-0.15, -0.1) is 0 Å². The first-order valence-electron chi connectivity index (χ1n) is 6.57. The maximum Gasteiger partial charge on any atom is 0.185 e. The number of allylic oxidation sites excluding steroid dienone is 1. The Bertz CT molecular complexity index is 576. The summed E-state index contributed by atoms with van der Waals surface area (Å²) in [7, 11) is 0. The molecule has 20 heavy (non-hydrogen) atoms. The normalized spacial score (nSPS) is 10.8. The summed E-state index contributed by atoms with van der Waals surface area (Å²) in [6.07, 6.45) is 6.90. The lowest BCUT2D eigenvalue weighted by molar-refractivity contribution is -0.109. The van der Waals surface area contributed by atoms with Gasteiger partial charge in [0.15, 0.2) is 5.12 Å². The fraction of sp³-hybridized carbons (Fsp3) is 0.176. The summed E-state index contributed by atoms with van der Waals surface area (Å²) in [6.45, 7) is 1.60. The Balaban J connectivity index is 1.92. The molecule has 0 bridgehead atoms. The lowest BCUT2D eigenvalue weighted by atomic mass is 10.1. The molecule has 2 aromatic rings. The molecule has 0 aliphatic carbocycles. The molecule has 0 aliphatic rings. The molecule has 0 N–H and O–H groups in total. The zero-order valence-corrected chi connectivity index (χ0v) is 12.3. The second-order valence-electron chi connectivity index (χ2n) is 4.37. The monoisotopic (exact) mass is 283 g/mol. The highest BCUT2D eigenvalue weighted by Gasteiger charge is 1.97. The largest absolute Gasteiger partial charge is 0.288 e. The number of thioether (sulfide) groups is 1. The summed E-state index contributed by atoms with van der Waals surface area (Å²) in [5, 5.41) is 0.179. The first-order valence-corrected chi connectivity index (χ1v) is 7.55. The van der Waals surface area contributed by atoms with Crippen molar-refractivity contribution < 1.29 is 4.79 Å². The van der Waals surface area contributed by atoms with Crippen LogP contribution in [0.2, 0.25) is 0 Å². The highest BCUT2D eigenvalue weighted by molar-refractivity contribution is 8.13. The topological polar surface area (TPSA) is 30.0 Å². The molecule has 3 heteroatoms. The maximum atomic E-state index is 10.8. The lowest BCUT2D eigenvalue weighted by Gasteiger charge is -2.00. The summed E-state index contributed by atoms with van der Waals surface area (Å²) in [4.78, 5) is 15.1. The van der Waals surface area contributed by atoms with Gasteiger partial charge in [-0.3, -0.25) is 9.78 Å². The smallest absolute Gasteiger partial charge is 0.185 e. The van der Waals surface area contributed by atoms with Crippen LogP contribution in [0.1, 0.15) is 18.9 Å². The van der Waals surface area contributed by atoms with Gasteiger partial charge in [-0.25, -0.2) is 0 Å². The van der Waals surface area contributed by atoms with Crippen molar-refractivity contribution in [2.75, 3.05) is 5.75 Å². The van der Waals surface area contributed by atoms with Crippen LogP contribution in [0.3, 0.4) is 0 Å². The Hall–Kier alpha value is -1.87. The van der Waals surface area contributed by atoms with Gasteiger partial charge in [-0.2, -0.15) is 0 Å². The summed E-state index contributed by atoms with van der Waals surface area (Å²) in [5.41, 5.74) is 3.27. The number of nitrogens with zero attached hydrogens (tertiary/aromatic N) is 1. The van der Waals surface area contributed by atoms with Crippen LogP contribution in [0.5, 0.6) is 0 Å². The van der Waals surface area contributed by atoms with E-state index in [9.17, 15) is 4.79 Å². The van der Waals surface area contributed by atoms with Crippen LogP contribution in [0.4, 0.5) is 0 Å². The van der Waals surface area contributed by atoms with E-state index in [-0.39, 0.29) is 5.12 Å². The van der Waals surface area contributed by atoms with Gasteiger partial charge in [-0.05, 0) is 24.1 Å². The van der Waals surface area contributed by atoms with Gasteiger partial charge < -0.3 is 0 Å². The fourth-order valence-corrected chi connectivity index (χ4v) is 2.33. The molecule has 2 rings (SSSR count). The van der Waals surface area contributed by atoms with Crippen LogP contribution in [-0.4, -0.2) is 15.9 Å². The van der Waals surface area contributed by atoms with E-state index in [0.717, 1.165) is 29.0 Å². The highest BCUT2D eigenvalue weighted by Crippen LogP contribution is 2.17. The average molecular weight is 283 g/mol. The minimum atomic E-state index is 0.179. The van der Waals surface area contributed by atoms with Crippen LogP contribution >= 0.6 is 11.8 Å². The third-order valence-electron chi connectivity index (χ3n) is 2.77. The van der Waals surface area contributed by atoms with Gasteiger partial charge in [0.1, 0.15) is 0 Å². The molecular formula is C17H17NOS. The van der Waals surface area contributed by atoms with E-state index in [1.54, 1.807) is 13.1 Å². The number of aromatic nitrogens is 1. The second kappa shape index (κ2) is 7.65. The van der Waals surface area contributed by atoms with E-state index in [2.05, 4.69) is 41.4 Å². The van der Waals surface area contributed by atoms with Crippen LogP contribution in [0, 0.1) is 0 Å². The zero-order valence-electron chi connectivity index (χ0n) is 11.5. The highest BCUT2D eigenvalue weighted by atomic mass is 32.2. The van der Waals surface area contributed by atoms with Gasteiger partial charge >= 0.3 is 0 Å². The van der Waals surface area contributed by atoms with Crippen LogP contribution in [0.25, 0.3) is 17.3 Å². The van der Waals surface area contributed by atoms with Crippen LogP contribution < -0.4 is 0 Å². The molecular weight excluding hydrogens is 266 g/mol. The fourth-order valence-electron chi connectivity index (χ4n) is 1.79. The molecule has 102 valence electrons. The Morgan fingerprint density at radius 2 is 2.00 bits per heavy atom. The first kappa shape index (κ1) is 14.5. The maximum absolute atomic E-state index is 10.8. The number of pyridine rings is 1. The van der Waals surface area contributed by atoms with Crippen molar-refractivity contribution in [1.82, 2.24) is 4.98 Å². The lowest BCUT2D eigenvalue weighted by Crippen LogP contribution is -1.84. The van der Waals surface area contributed by atoms with Gasteiger partial charge in [0, 0.05) is 24.4 Å². The Labute approximate surface area is 123 Å². The second-order valence-corrected chi connectivity index (χ2v) is 5.64. The van der Waals surface area contributed by atoms with E-state index >= 15 is 0 Å². The van der Waals surface area contributed by atoms with E-state index in [1.165, 1.54) is 11.8 Å². The van der Waals surface area contributed by atoms with Crippen molar-refractivity contribution in [3.05, 3.63) is 60.3 Å². The first-order chi connectivity index (χ1) is 9.75. The third-order valence-corrected chi connectivity index (χ3v) is 3.62. The molecule has 0 unspecified atom stereocenters. The van der Waals surface area contributed by atoms with Crippen LogP contribution in [0.15, 0.2) is 54.7 Å². The number of carbonyl (C=O) groups excluding carboxylic acids is 1. The molecule has 0 atom stereocenters. The molecule has 0 fully saturated rings. The summed E-state index contributed by atoms with van der Waals surface area (Å²) >= 11 is 1.37. The van der Waals surface area contributed by atoms with E-state index in [4.69, 9.17) is 0 Å². The molecule has 0 saturated carbocycles. The van der Waals surface area contributed by atoms with Crippen molar-refractivity contribution in [2.24, 2.45) is 0 Å². The number of hydrogen-bond acceptors (Lipinski definition) is 3. The Morgan fingerprint density at radius 3 is 2.65 bits per heavy atom. The van der Waals surface area contributed by atoms with Crippen molar-refractivity contribution in [3.63, 3.8) is 0 Å². The molecule has 1 aromatic heterocycles. The average Bonchev–Trinajstić information content (AvgIpc) is 2.48. The molecule has 0 aliphatic heterocycles. The third kappa shape index (κ3) is 4.67. The minimum Gasteiger partial charge on any atom is -0.288 e. The molecule has 2 nitrogen and oxygen atoms in total. The van der Waals surface area contributed by atoms with Crippen molar-refractivity contribution in [2.45, 2.75) is 13.3 Å². The predicted octanol–water partition coefficient (Wildman–Crippen LogP) is 4.43. The predicted molar refractivity (Wildman–Crippen MR) is 86.5 cm³/mol. The van der Waals surface area contributed by atoms with Gasteiger partial charge in [0.05, 0.1) is 5.69 Å². The zero-order chi connectivity index (χ0) is 14.2. The van der Waals surface area contributed by atoms with Gasteiger partial charge in [0.2, 0.25) is 0 Å². The molecule has 0 spiro atoms. The number of carbonyl (C=O) groups is 1. The van der Waals surface area contributed by atoms with Crippen molar-refractivity contribution in [3.8, 4) is 11.3 Å². The summed E-state index contributed by atoms with van der Waals surface area (Å²) < 4.78 is 0. The SMILES string of the molecule is CC(=O)SCCC=Cc1ccc(-c2ccccn2)cc1. The number of rotatable bonds is 5. The van der Waals surface area contributed by atoms with Crippen molar-refractivity contribution in [1.29, 1.82) is 0 Å². The molecule has 0 amide bonds. The summed E-state index contributed by atoms with van der Waals surface area (Å²) in [6, 6.07) is 14.2. The Morgan fingerprint density at radius 1 is 1.20 bits per heavy atom. The summed E-state index contributed by atoms with van der Waals surface area (Å²) in [5.74, 6) is 0.845. The minimum absolute atomic E-state index is 0.179. The quantitative estimate of drug-likeness (QED) is 0.760. The van der Waals surface area contributed by atoms with Crippen molar-refractivity contribution >= 4 is 23.0 Å². The number of benzene rings is 1.